The Morgan fingerprint density at radius 2 is 1.85 bits per heavy atom. The van der Waals surface area contributed by atoms with Crippen molar-refractivity contribution < 1.29 is 19.2 Å². The second-order valence-electron chi connectivity index (χ2n) is 5.40. The van der Waals surface area contributed by atoms with Gasteiger partial charge in [-0.3, -0.25) is 19.8 Å². The van der Waals surface area contributed by atoms with E-state index in [2.05, 4.69) is 0 Å². The molecule has 1 saturated heterocycles. The summed E-state index contributed by atoms with van der Waals surface area (Å²) < 4.78 is 10.7. The highest BCUT2D eigenvalue weighted by Gasteiger charge is 2.33. The number of nitrogens with zero attached hydrogens (tertiary/aromatic N) is 2. The van der Waals surface area contributed by atoms with Crippen LogP contribution in [0.4, 0.5) is 11.4 Å². The van der Waals surface area contributed by atoms with E-state index in [0.29, 0.717) is 32.0 Å². The van der Waals surface area contributed by atoms with Crippen molar-refractivity contribution in [3.8, 4) is 11.5 Å². The molecule has 0 unspecified atom stereocenters. The second kappa shape index (κ2) is 7.77. The molecule has 138 valence electrons. The number of carbonyl (C=O) groups is 1. The molecule has 0 N–H and O–H groups in total. The molecule has 1 amide bonds. The lowest BCUT2D eigenvalue weighted by Gasteiger charge is -2.14. The number of anilines is 1. The van der Waals surface area contributed by atoms with Crippen LogP contribution in [0.1, 0.15) is 5.56 Å². The Morgan fingerprint density at radius 1 is 1.15 bits per heavy atom. The van der Waals surface area contributed by atoms with Crippen LogP contribution < -0.4 is 14.4 Å². The average Bonchev–Trinajstić information content (AvgIpc) is 2.95. The monoisotopic (exact) mass is 402 g/mol. The van der Waals surface area contributed by atoms with E-state index in [-0.39, 0.29) is 11.6 Å². The summed E-state index contributed by atoms with van der Waals surface area (Å²) in [6, 6.07) is 11.1. The molecule has 2 aromatic carbocycles. The summed E-state index contributed by atoms with van der Waals surface area (Å²) in [6.45, 7) is 0. The van der Waals surface area contributed by atoms with Gasteiger partial charge in [-0.15, -0.1) is 0 Å². The fourth-order valence-electron chi connectivity index (χ4n) is 2.51. The highest BCUT2D eigenvalue weighted by molar-refractivity contribution is 8.27. The highest BCUT2D eigenvalue weighted by Crippen LogP contribution is 2.38. The summed E-state index contributed by atoms with van der Waals surface area (Å²) in [5.74, 6) is 0.792. The minimum Gasteiger partial charge on any atom is -0.497 e. The van der Waals surface area contributed by atoms with Crippen molar-refractivity contribution in [1.82, 2.24) is 0 Å². The predicted molar refractivity (Wildman–Crippen MR) is 108 cm³/mol. The van der Waals surface area contributed by atoms with Gasteiger partial charge in [-0.25, -0.2) is 0 Å². The normalized spacial score (nSPS) is 15.3. The summed E-state index contributed by atoms with van der Waals surface area (Å²) >= 11 is 6.47. The van der Waals surface area contributed by atoms with Crippen molar-refractivity contribution in [3.63, 3.8) is 0 Å². The Kier molecular flexibility index (Phi) is 5.43. The standard InChI is InChI=1S/C18H14N2O5S2/c1-24-14-6-3-12(4-7-14)19-17(21)16(27-18(19)26)10-11-9-13(20(22)23)5-8-15(11)25-2/h3-10H,1-2H3/b16-10+. The average molecular weight is 402 g/mol. The third-order valence-corrected chi connectivity index (χ3v) is 5.14. The SMILES string of the molecule is COc1ccc(N2C(=O)/C(=C\c3cc([N+](=O)[O-])ccc3OC)SC2=S)cc1. The van der Waals surface area contributed by atoms with E-state index in [9.17, 15) is 14.9 Å². The van der Waals surface area contributed by atoms with Crippen molar-refractivity contribution in [2.24, 2.45) is 0 Å². The van der Waals surface area contributed by atoms with E-state index in [1.165, 1.54) is 30.2 Å². The molecule has 0 spiro atoms. The summed E-state index contributed by atoms with van der Waals surface area (Å²) in [6.07, 6.45) is 1.55. The zero-order valence-electron chi connectivity index (χ0n) is 14.4. The molecule has 9 heteroatoms. The largest absolute Gasteiger partial charge is 0.497 e. The van der Waals surface area contributed by atoms with E-state index in [1.54, 1.807) is 37.5 Å². The lowest BCUT2D eigenvalue weighted by atomic mass is 10.1. The maximum atomic E-state index is 12.8. The van der Waals surface area contributed by atoms with E-state index in [0.717, 1.165) is 11.8 Å². The molecule has 0 radical (unpaired) electrons. The number of amides is 1. The lowest BCUT2D eigenvalue weighted by molar-refractivity contribution is -0.384. The number of thiocarbonyl (C=S) groups is 1. The highest BCUT2D eigenvalue weighted by atomic mass is 32.2. The molecule has 0 aliphatic carbocycles. The molecule has 1 aliphatic heterocycles. The molecule has 0 atom stereocenters. The third-order valence-electron chi connectivity index (χ3n) is 3.84. The summed E-state index contributed by atoms with van der Waals surface area (Å²) in [4.78, 5) is 25.1. The first-order valence-corrected chi connectivity index (χ1v) is 8.91. The quantitative estimate of drug-likeness (QED) is 0.323. The minimum absolute atomic E-state index is 0.0901. The Bertz CT molecular complexity index is 957. The molecule has 7 nitrogen and oxygen atoms in total. The molecule has 1 fully saturated rings. The van der Waals surface area contributed by atoms with E-state index in [4.69, 9.17) is 21.7 Å². The minimum atomic E-state index is -0.501. The van der Waals surface area contributed by atoms with E-state index >= 15 is 0 Å². The van der Waals surface area contributed by atoms with Crippen LogP contribution in [0.5, 0.6) is 11.5 Å². The topological polar surface area (TPSA) is 81.9 Å². The molecule has 3 rings (SSSR count). The zero-order chi connectivity index (χ0) is 19.6. The van der Waals surface area contributed by atoms with Gasteiger partial charge in [-0.05, 0) is 36.4 Å². The van der Waals surface area contributed by atoms with Gasteiger partial charge in [0.2, 0.25) is 0 Å². The van der Waals surface area contributed by atoms with Gasteiger partial charge in [-0.2, -0.15) is 0 Å². The first kappa shape index (κ1) is 18.9. The fourth-order valence-corrected chi connectivity index (χ4v) is 3.80. The van der Waals surface area contributed by atoms with Crippen molar-refractivity contribution in [1.29, 1.82) is 0 Å². The van der Waals surface area contributed by atoms with Gasteiger partial charge in [0, 0.05) is 17.7 Å². The number of non-ortho nitro benzene ring substituents is 1. The number of nitro groups is 1. The van der Waals surface area contributed by atoms with Crippen LogP contribution in [-0.2, 0) is 4.79 Å². The molecule has 1 heterocycles. The second-order valence-corrected chi connectivity index (χ2v) is 7.07. The van der Waals surface area contributed by atoms with Crippen LogP contribution in [-0.4, -0.2) is 29.4 Å². The Hall–Kier alpha value is -2.91. The molecular weight excluding hydrogens is 388 g/mol. The maximum absolute atomic E-state index is 12.8. The van der Waals surface area contributed by atoms with Gasteiger partial charge in [0.05, 0.1) is 29.7 Å². The molecule has 1 aliphatic rings. The number of hydrogen-bond acceptors (Lipinski definition) is 7. The fraction of sp³-hybridized carbons (Fsp3) is 0.111. The summed E-state index contributed by atoms with van der Waals surface area (Å²) in [5, 5.41) is 11.0. The van der Waals surface area contributed by atoms with Crippen molar-refractivity contribution >= 4 is 51.7 Å². The molecule has 0 bridgehead atoms. The Morgan fingerprint density at radius 3 is 2.44 bits per heavy atom. The number of nitro benzene ring substituents is 1. The van der Waals surface area contributed by atoms with Gasteiger partial charge < -0.3 is 9.47 Å². The smallest absolute Gasteiger partial charge is 0.270 e. The maximum Gasteiger partial charge on any atom is 0.270 e. The van der Waals surface area contributed by atoms with Gasteiger partial charge in [0.15, 0.2) is 4.32 Å². The van der Waals surface area contributed by atoms with Crippen LogP contribution in [0.25, 0.3) is 6.08 Å². The van der Waals surface area contributed by atoms with Gasteiger partial charge >= 0.3 is 0 Å². The third kappa shape index (κ3) is 3.79. The van der Waals surface area contributed by atoms with Gasteiger partial charge in [0.1, 0.15) is 11.5 Å². The van der Waals surface area contributed by atoms with Crippen LogP contribution in [0.2, 0.25) is 0 Å². The Balaban J connectivity index is 1.96. The van der Waals surface area contributed by atoms with Crippen LogP contribution in [0, 0.1) is 10.1 Å². The molecule has 27 heavy (non-hydrogen) atoms. The Labute approximate surface area is 164 Å². The molecular formula is C18H14N2O5S2. The predicted octanol–water partition coefficient (Wildman–Crippen LogP) is 4.02. The molecule has 2 aromatic rings. The number of ether oxygens (including phenoxy) is 2. The van der Waals surface area contributed by atoms with Crippen LogP contribution in [0.15, 0.2) is 47.4 Å². The van der Waals surface area contributed by atoms with Crippen LogP contribution in [0.3, 0.4) is 0 Å². The van der Waals surface area contributed by atoms with E-state index < -0.39 is 4.92 Å². The van der Waals surface area contributed by atoms with Gasteiger partial charge in [0.25, 0.3) is 11.6 Å². The first-order chi connectivity index (χ1) is 12.9. The van der Waals surface area contributed by atoms with Crippen LogP contribution >= 0.6 is 24.0 Å². The van der Waals surface area contributed by atoms with Crippen molar-refractivity contribution in [2.75, 3.05) is 19.1 Å². The first-order valence-electron chi connectivity index (χ1n) is 7.69. The number of methoxy groups -OCH3 is 2. The molecule has 0 aromatic heterocycles. The molecule has 0 saturated carbocycles. The lowest BCUT2D eigenvalue weighted by Crippen LogP contribution is -2.27. The van der Waals surface area contributed by atoms with Crippen molar-refractivity contribution in [3.05, 3.63) is 63.0 Å². The number of carbonyl (C=O) groups excluding carboxylic acids is 1. The summed E-state index contributed by atoms with van der Waals surface area (Å²) in [5.41, 5.74) is 0.960. The number of hydrogen-bond donors (Lipinski definition) is 0. The zero-order valence-corrected chi connectivity index (χ0v) is 16.0. The number of thioether (sulfide) groups is 1. The summed E-state index contributed by atoms with van der Waals surface area (Å²) in [7, 11) is 3.02. The number of benzene rings is 2. The number of rotatable bonds is 5. The van der Waals surface area contributed by atoms with Gasteiger partial charge in [-0.1, -0.05) is 24.0 Å². The van der Waals surface area contributed by atoms with Crippen molar-refractivity contribution in [2.45, 2.75) is 0 Å². The van der Waals surface area contributed by atoms with E-state index in [1.807, 2.05) is 0 Å².